The first-order chi connectivity index (χ1) is 16.6. The number of hydrogen-bond donors (Lipinski definition) is 0. The van der Waals surface area contributed by atoms with Crippen LogP contribution in [0.5, 0.6) is 0 Å². The van der Waals surface area contributed by atoms with Crippen LogP contribution in [0.4, 0.5) is 24.0 Å². The van der Waals surface area contributed by atoms with Gasteiger partial charge in [0, 0.05) is 38.3 Å². The quantitative estimate of drug-likeness (QED) is 0.434. The van der Waals surface area contributed by atoms with Crippen LogP contribution in [-0.4, -0.2) is 59.8 Å². The normalized spacial score (nSPS) is 21.9. The minimum Gasteiger partial charge on any atom is -0.399 e. The lowest BCUT2D eigenvalue weighted by Crippen LogP contribution is -2.53. The first-order valence-corrected chi connectivity index (χ1v) is 12.2. The van der Waals surface area contributed by atoms with E-state index in [2.05, 4.69) is 22.0 Å². The number of benzene rings is 1. The molecule has 1 aliphatic carbocycles. The van der Waals surface area contributed by atoms with Crippen molar-refractivity contribution < 1.29 is 22.9 Å². The number of halogens is 3. The zero-order valence-electron chi connectivity index (χ0n) is 19.4. The predicted molar refractivity (Wildman–Crippen MR) is 127 cm³/mol. The Morgan fingerprint density at radius 2 is 2.00 bits per heavy atom. The summed E-state index contributed by atoms with van der Waals surface area (Å²) in [5.41, 5.74) is -1.77. The van der Waals surface area contributed by atoms with E-state index in [1.807, 2.05) is 4.90 Å². The smallest absolute Gasteiger partial charge is 0.399 e. The number of oxime groups is 1. The third-order valence-corrected chi connectivity index (χ3v) is 7.81. The average molecular weight is 514 g/mol. The van der Waals surface area contributed by atoms with E-state index < -0.39 is 27.9 Å². The summed E-state index contributed by atoms with van der Waals surface area (Å²) in [6.45, 7) is 4.88. The lowest BCUT2D eigenvalue weighted by atomic mass is 9.87. The molecule has 2 fully saturated rings. The molecule has 2 heterocycles. The molecule has 13 heteroatoms. The lowest BCUT2D eigenvalue weighted by molar-refractivity contribution is -0.383. The SMILES string of the molecule is CON=C1CCC(CN2CCN(c3nc(=O)c4cc(C(F)(F)F)cc([N+](=O)[O-])c4s3)C[C@H]2C)CC1. The second-order valence-corrected chi connectivity index (χ2v) is 9.98. The van der Waals surface area contributed by atoms with Crippen molar-refractivity contribution in [1.29, 1.82) is 0 Å². The van der Waals surface area contributed by atoms with E-state index in [1.54, 1.807) is 7.11 Å². The van der Waals surface area contributed by atoms with Gasteiger partial charge in [0.1, 0.15) is 11.8 Å². The molecule has 2 aromatic rings. The number of rotatable bonds is 5. The van der Waals surface area contributed by atoms with Gasteiger partial charge in [0.2, 0.25) is 0 Å². The molecule has 1 aromatic heterocycles. The highest BCUT2D eigenvalue weighted by Gasteiger charge is 2.35. The monoisotopic (exact) mass is 513 g/mol. The van der Waals surface area contributed by atoms with Gasteiger partial charge in [-0.2, -0.15) is 18.2 Å². The third-order valence-electron chi connectivity index (χ3n) is 6.65. The molecule has 0 bridgehead atoms. The van der Waals surface area contributed by atoms with E-state index in [4.69, 9.17) is 4.84 Å². The molecular formula is C22H26F3N5O4S. The van der Waals surface area contributed by atoms with Crippen molar-refractivity contribution in [3.8, 4) is 0 Å². The Kier molecular flexibility index (Phi) is 7.27. The second kappa shape index (κ2) is 10.1. The molecule has 1 aliphatic heterocycles. The highest BCUT2D eigenvalue weighted by Crippen LogP contribution is 2.38. The van der Waals surface area contributed by atoms with Gasteiger partial charge in [0.15, 0.2) is 5.13 Å². The van der Waals surface area contributed by atoms with Crippen LogP contribution in [0.15, 0.2) is 22.1 Å². The van der Waals surface area contributed by atoms with E-state index in [9.17, 15) is 28.1 Å². The van der Waals surface area contributed by atoms with Gasteiger partial charge in [-0.05, 0) is 44.6 Å². The van der Waals surface area contributed by atoms with Crippen molar-refractivity contribution in [2.45, 2.75) is 44.8 Å². The van der Waals surface area contributed by atoms with Gasteiger partial charge in [0.25, 0.3) is 11.2 Å². The minimum absolute atomic E-state index is 0.0937. The summed E-state index contributed by atoms with van der Waals surface area (Å²) in [5, 5.41) is 15.5. The predicted octanol–water partition coefficient (Wildman–Crippen LogP) is 4.29. The van der Waals surface area contributed by atoms with E-state index in [1.165, 1.54) is 0 Å². The maximum absolute atomic E-state index is 13.2. The molecule has 4 rings (SSSR count). The van der Waals surface area contributed by atoms with Crippen molar-refractivity contribution in [3.05, 3.63) is 38.2 Å². The summed E-state index contributed by atoms with van der Waals surface area (Å²) in [7, 11) is 1.55. The van der Waals surface area contributed by atoms with Crippen molar-refractivity contribution in [2.24, 2.45) is 11.1 Å². The maximum atomic E-state index is 13.2. The molecule has 0 unspecified atom stereocenters. The summed E-state index contributed by atoms with van der Waals surface area (Å²) < 4.78 is 39.5. The summed E-state index contributed by atoms with van der Waals surface area (Å²) in [6, 6.07) is 1.28. The Morgan fingerprint density at radius 3 is 2.60 bits per heavy atom. The zero-order chi connectivity index (χ0) is 25.3. The summed E-state index contributed by atoms with van der Waals surface area (Å²) >= 11 is 0.888. The highest BCUT2D eigenvalue weighted by atomic mass is 32.1. The van der Waals surface area contributed by atoms with E-state index in [0.717, 1.165) is 55.8 Å². The molecule has 35 heavy (non-hydrogen) atoms. The van der Waals surface area contributed by atoms with Crippen LogP contribution >= 0.6 is 11.3 Å². The molecule has 0 amide bonds. The molecule has 0 radical (unpaired) electrons. The van der Waals surface area contributed by atoms with E-state index in [-0.39, 0.29) is 21.3 Å². The van der Waals surface area contributed by atoms with Crippen LogP contribution in [0.25, 0.3) is 10.1 Å². The standard InChI is InChI=1S/C22H26F3N5O4S/c1-13-11-29(8-7-28(13)12-14-3-5-16(6-4-14)27-34-2)21-26-20(31)17-9-15(22(23,24)25)10-18(30(32)33)19(17)35-21/h9-10,13-14H,3-8,11-12H2,1-2H3/t13-,14?/m1/s1. The maximum Gasteiger partial charge on any atom is 0.416 e. The number of alkyl halides is 3. The Balaban J connectivity index is 1.52. The van der Waals surface area contributed by atoms with Gasteiger partial charge >= 0.3 is 6.18 Å². The van der Waals surface area contributed by atoms with Crippen LogP contribution < -0.4 is 10.5 Å². The van der Waals surface area contributed by atoms with E-state index in [0.29, 0.717) is 31.1 Å². The fraction of sp³-hybridized carbons (Fsp3) is 0.591. The summed E-state index contributed by atoms with van der Waals surface area (Å²) in [5.74, 6) is 0.556. The number of nitro groups is 1. The molecule has 9 nitrogen and oxygen atoms in total. The number of nitro benzene ring substituents is 1. The molecule has 1 saturated carbocycles. The van der Waals surface area contributed by atoms with Gasteiger partial charge in [-0.25, -0.2) is 0 Å². The van der Waals surface area contributed by atoms with Crippen LogP contribution in [0, 0.1) is 16.0 Å². The minimum atomic E-state index is -4.81. The Bertz CT molecular complexity index is 1190. The van der Waals surface area contributed by atoms with Crippen LogP contribution in [0.2, 0.25) is 0 Å². The van der Waals surface area contributed by atoms with Crippen molar-refractivity contribution >= 4 is 38.0 Å². The molecule has 190 valence electrons. The van der Waals surface area contributed by atoms with Gasteiger partial charge in [0.05, 0.1) is 21.6 Å². The number of piperazine rings is 1. The molecule has 2 aliphatic rings. The van der Waals surface area contributed by atoms with Crippen molar-refractivity contribution in [2.75, 3.05) is 38.2 Å². The lowest BCUT2D eigenvalue weighted by Gasteiger charge is -2.42. The fourth-order valence-electron chi connectivity index (χ4n) is 4.76. The number of anilines is 1. The molecule has 0 spiro atoms. The second-order valence-electron chi connectivity index (χ2n) is 9.00. The van der Waals surface area contributed by atoms with Crippen LogP contribution in [0.1, 0.15) is 38.2 Å². The Labute approximate surface area is 203 Å². The number of hydrogen-bond acceptors (Lipinski definition) is 9. The van der Waals surface area contributed by atoms with E-state index >= 15 is 0 Å². The number of aromatic nitrogens is 1. The summed E-state index contributed by atoms with van der Waals surface area (Å²) in [6.07, 6.45) is -0.858. The fourth-order valence-corrected chi connectivity index (χ4v) is 5.86. The Hall–Kier alpha value is -2.80. The van der Waals surface area contributed by atoms with Gasteiger partial charge in [-0.15, -0.1) is 0 Å². The van der Waals surface area contributed by atoms with Gasteiger partial charge < -0.3 is 9.74 Å². The van der Waals surface area contributed by atoms with Crippen molar-refractivity contribution in [1.82, 2.24) is 9.88 Å². The van der Waals surface area contributed by atoms with Gasteiger partial charge in [-0.3, -0.25) is 19.8 Å². The zero-order valence-corrected chi connectivity index (χ0v) is 20.2. The number of non-ortho nitro benzene ring substituents is 1. The summed E-state index contributed by atoms with van der Waals surface area (Å²) in [4.78, 5) is 36.4. The average Bonchev–Trinajstić information content (AvgIpc) is 2.80. The largest absolute Gasteiger partial charge is 0.416 e. The molecular weight excluding hydrogens is 487 g/mol. The first kappa shape index (κ1) is 25.3. The van der Waals surface area contributed by atoms with Crippen molar-refractivity contribution in [3.63, 3.8) is 0 Å². The van der Waals surface area contributed by atoms with Gasteiger partial charge in [-0.1, -0.05) is 16.5 Å². The number of fused-ring (bicyclic) bond motifs is 1. The molecule has 0 N–H and O–H groups in total. The third kappa shape index (κ3) is 5.56. The molecule has 1 atom stereocenters. The first-order valence-electron chi connectivity index (χ1n) is 11.3. The number of nitrogens with zero attached hydrogens (tertiary/aromatic N) is 5. The highest BCUT2D eigenvalue weighted by molar-refractivity contribution is 7.22. The van der Waals surface area contributed by atoms with Crippen LogP contribution in [0.3, 0.4) is 0 Å². The Morgan fingerprint density at radius 1 is 1.29 bits per heavy atom. The topological polar surface area (TPSA) is 101 Å². The molecule has 1 aromatic carbocycles. The molecule has 1 saturated heterocycles. The van der Waals surface area contributed by atoms with Crippen LogP contribution in [-0.2, 0) is 11.0 Å².